The Balaban J connectivity index is 2.01. The van der Waals surface area contributed by atoms with Gasteiger partial charge in [-0.15, -0.1) is 0 Å². The molecule has 0 bridgehead atoms. The van der Waals surface area contributed by atoms with Crippen LogP contribution in [0.25, 0.3) is 0 Å². The molecule has 1 aromatic carbocycles. The van der Waals surface area contributed by atoms with E-state index in [4.69, 9.17) is 0 Å². The number of aryl methyl sites for hydroxylation is 2. The van der Waals surface area contributed by atoms with E-state index in [-0.39, 0.29) is 5.91 Å². The predicted octanol–water partition coefficient (Wildman–Crippen LogP) is 1.95. The number of carbonyl (C=O) groups excluding carboxylic acids is 1. The van der Waals surface area contributed by atoms with Gasteiger partial charge in [-0.3, -0.25) is 4.79 Å². The molecule has 0 heterocycles. The fourth-order valence-corrected chi connectivity index (χ4v) is 2.70. The largest absolute Gasteiger partial charge is 0.392 e. The molecular formula is C16H23NO2. The maximum atomic E-state index is 12.0. The van der Waals surface area contributed by atoms with Crippen LogP contribution in [0.1, 0.15) is 36.5 Å². The normalized spacial score (nSPS) is 15.7. The van der Waals surface area contributed by atoms with Crippen LogP contribution >= 0.6 is 0 Å². The van der Waals surface area contributed by atoms with E-state index in [1.807, 2.05) is 0 Å². The highest BCUT2D eigenvalue weighted by atomic mass is 16.3. The van der Waals surface area contributed by atoms with Crippen LogP contribution in [-0.4, -0.2) is 35.6 Å². The van der Waals surface area contributed by atoms with Gasteiger partial charge in [-0.05, 0) is 49.3 Å². The predicted molar refractivity (Wildman–Crippen MR) is 76.1 cm³/mol. The molecule has 0 fully saturated rings. The molecule has 1 aliphatic carbocycles. The van der Waals surface area contributed by atoms with Gasteiger partial charge in [0.15, 0.2) is 0 Å². The minimum absolute atomic E-state index is 0.0664. The standard InChI is InChI=1S/C16H23NO2/c1-12(18)11-17(2)16(19)10-13-7-8-14-5-3-4-6-15(14)9-13/h7-9,12,18H,3-6,10-11H2,1-2H3. The Bertz CT molecular complexity index is 454. The number of nitrogens with zero attached hydrogens (tertiary/aromatic N) is 1. The van der Waals surface area contributed by atoms with E-state index in [2.05, 4.69) is 18.2 Å². The second-order valence-corrected chi connectivity index (χ2v) is 5.61. The van der Waals surface area contributed by atoms with E-state index in [9.17, 15) is 9.90 Å². The number of carbonyl (C=O) groups is 1. The molecule has 0 aromatic heterocycles. The molecule has 0 saturated heterocycles. The minimum atomic E-state index is -0.475. The molecule has 1 unspecified atom stereocenters. The van der Waals surface area contributed by atoms with Crippen LogP contribution in [0.4, 0.5) is 0 Å². The summed E-state index contributed by atoms with van der Waals surface area (Å²) in [6.07, 6.45) is 4.80. The summed E-state index contributed by atoms with van der Waals surface area (Å²) < 4.78 is 0. The van der Waals surface area contributed by atoms with Crippen molar-refractivity contribution in [1.29, 1.82) is 0 Å². The molecule has 3 nitrogen and oxygen atoms in total. The summed E-state index contributed by atoms with van der Waals surface area (Å²) in [5.74, 6) is 0.0664. The number of rotatable bonds is 4. The monoisotopic (exact) mass is 261 g/mol. The second kappa shape index (κ2) is 6.20. The second-order valence-electron chi connectivity index (χ2n) is 5.61. The molecule has 1 aromatic rings. The van der Waals surface area contributed by atoms with Crippen molar-refractivity contribution in [3.8, 4) is 0 Å². The molecule has 0 spiro atoms. The van der Waals surface area contributed by atoms with Gasteiger partial charge >= 0.3 is 0 Å². The summed E-state index contributed by atoms with van der Waals surface area (Å²) in [4.78, 5) is 13.6. The third-order valence-electron chi connectivity index (χ3n) is 3.73. The van der Waals surface area contributed by atoms with Crippen LogP contribution in [0.15, 0.2) is 18.2 Å². The van der Waals surface area contributed by atoms with Gasteiger partial charge in [0.1, 0.15) is 0 Å². The molecule has 3 heteroatoms. The van der Waals surface area contributed by atoms with E-state index < -0.39 is 6.10 Å². The number of hydrogen-bond donors (Lipinski definition) is 1. The van der Waals surface area contributed by atoms with Gasteiger partial charge in [0.05, 0.1) is 12.5 Å². The smallest absolute Gasteiger partial charge is 0.226 e. The molecule has 0 radical (unpaired) electrons. The molecule has 1 atom stereocenters. The topological polar surface area (TPSA) is 40.5 Å². The molecule has 104 valence electrons. The van der Waals surface area contributed by atoms with Crippen molar-refractivity contribution in [2.75, 3.05) is 13.6 Å². The molecule has 2 rings (SSSR count). The first-order valence-electron chi connectivity index (χ1n) is 7.09. The Labute approximate surface area is 115 Å². The fraction of sp³-hybridized carbons (Fsp3) is 0.562. The van der Waals surface area contributed by atoms with Crippen LogP contribution in [-0.2, 0) is 24.1 Å². The number of likely N-dealkylation sites (N-methyl/N-ethyl adjacent to an activating group) is 1. The molecule has 0 saturated carbocycles. The molecule has 1 amide bonds. The van der Waals surface area contributed by atoms with Crippen LogP contribution in [0, 0.1) is 0 Å². The zero-order valence-electron chi connectivity index (χ0n) is 11.9. The van der Waals surface area contributed by atoms with Crippen molar-refractivity contribution in [2.24, 2.45) is 0 Å². The lowest BCUT2D eigenvalue weighted by Crippen LogP contribution is -2.34. The van der Waals surface area contributed by atoms with Crippen LogP contribution in [0.5, 0.6) is 0 Å². The number of fused-ring (bicyclic) bond motifs is 1. The summed E-state index contributed by atoms with van der Waals surface area (Å²) >= 11 is 0. The Morgan fingerprint density at radius 3 is 2.68 bits per heavy atom. The first-order chi connectivity index (χ1) is 9.06. The van der Waals surface area contributed by atoms with Crippen molar-refractivity contribution >= 4 is 5.91 Å². The molecular weight excluding hydrogens is 238 g/mol. The van der Waals surface area contributed by atoms with Gasteiger partial charge in [0.25, 0.3) is 0 Å². The Kier molecular flexibility index (Phi) is 4.59. The van der Waals surface area contributed by atoms with E-state index in [0.29, 0.717) is 13.0 Å². The lowest BCUT2D eigenvalue weighted by Gasteiger charge is -2.20. The van der Waals surface area contributed by atoms with Gasteiger partial charge in [-0.25, -0.2) is 0 Å². The van der Waals surface area contributed by atoms with Crippen molar-refractivity contribution in [3.63, 3.8) is 0 Å². The van der Waals surface area contributed by atoms with Crippen molar-refractivity contribution in [1.82, 2.24) is 4.90 Å². The first-order valence-corrected chi connectivity index (χ1v) is 7.09. The van der Waals surface area contributed by atoms with E-state index >= 15 is 0 Å². The summed E-state index contributed by atoms with van der Waals surface area (Å²) in [7, 11) is 1.74. The SMILES string of the molecule is CC(O)CN(C)C(=O)Cc1ccc2c(c1)CCCC2. The van der Waals surface area contributed by atoms with Crippen LogP contribution < -0.4 is 0 Å². The quantitative estimate of drug-likeness (QED) is 0.900. The first kappa shape index (κ1) is 14.1. The Hall–Kier alpha value is -1.35. The number of amides is 1. The van der Waals surface area contributed by atoms with Crippen molar-refractivity contribution in [3.05, 3.63) is 34.9 Å². The summed E-state index contributed by atoms with van der Waals surface area (Å²) in [5, 5.41) is 9.30. The Morgan fingerprint density at radius 2 is 2.00 bits per heavy atom. The summed E-state index contributed by atoms with van der Waals surface area (Å²) in [6, 6.07) is 6.42. The lowest BCUT2D eigenvalue weighted by atomic mass is 9.90. The third kappa shape index (κ3) is 3.80. The zero-order chi connectivity index (χ0) is 13.8. The summed E-state index contributed by atoms with van der Waals surface area (Å²) in [6.45, 7) is 2.09. The Morgan fingerprint density at radius 1 is 1.32 bits per heavy atom. The average Bonchev–Trinajstić information content (AvgIpc) is 2.37. The third-order valence-corrected chi connectivity index (χ3v) is 3.73. The molecule has 19 heavy (non-hydrogen) atoms. The van der Waals surface area contributed by atoms with E-state index in [0.717, 1.165) is 12.0 Å². The highest BCUT2D eigenvalue weighted by Crippen LogP contribution is 2.22. The van der Waals surface area contributed by atoms with Gasteiger partial charge in [-0.1, -0.05) is 18.2 Å². The molecule has 1 N–H and O–H groups in total. The minimum Gasteiger partial charge on any atom is -0.392 e. The zero-order valence-corrected chi connectivity index (χ0v) is 11.9. The number of hydrogen-bond acceptors (Lipinski definition) is 2. The van der Waals surface area contributed by atoms with Gasteiger partial charge < -0.3 is 10.0 Å². The van der Waals surface area contributed by atoms with E-state index in [1.165, 1.54) is 30.4 Å². The number of aliphatic hydroxyl groups is 1. The fourth-order valence-electron chi connectivity index (χ4n) is 2.70. The molecule has 1 aliphatic rings. The molecule has 0 aliphatic heterocycles. The maximum Gasteiger partial charge on any atom is 0.226 e. The van der Waals surface area contributed by atoms with E-state index in [1.54, 1.807) is 18.9 Å². The van der Waals surface area contributed by atoms with Gasteiger partial charge in [-0.2, -0.15) is 0 Å². The summed E-state index contributed by atoms with van der Waals surface area (Å²) in [5.41, 5.74) is 3.94. The van der Waals surface area contributed by atoms with Crippen LogP contribution in [0.2, 0.25) is 0 Å². The van der Waals surface area contributed by atoms with Crippen LogP contribution in [0.3, 0.4) is 0 Å². The highest BCUT2D eigenvalue weighted by molar-refractivity contribution is 5.78. The highest BCUT2D eigenvalue weighted by Gasteiger charge is 2.14. The number of benzene rings is 1. The van der Waals surface area contributed by atoms with Gasteiger partial charge in [0, 0.05) is 13.6 Å². The number of aliphatic hydroxyl groups excluding tert-OH is 1. The average molecular weight is 261 g/mol. The lowest BCUT2D eigenvalue weighted by molar-refractivity contribution is -0.130. The van der Waals surface area contributed by atoms with Gasteiger partial charge in [0.2, 0.25) is 5.91 Å². The van der Waals surface area contributed by atoms with Crippen molar-refractivity contribution in [2.45, 2.75) is 45.1 Å². The maximum absolute atomic E-state index is 12.0. The van der Waals surface area contributed by atoms with Crippen molar-refractivity contribution < 1.29 is 9.90 Å².